The number of anilines is 1. The summed E-state index contributed by atoms with van der Waals surface area (Å²) in [6.45, 7) is 11.5. The predicted octanol–water partition coefficient (Wildman–Crippen LogP) is 1.26. The van der Waals surface area contributed by atoms with E-state index in [-0.39, 0.29) is 16.8 Å². The number of hydrogen-bond donors (Lipinski definition) is 2. The summed E-state index contributed by atoms with van der Waals surface area (Å²) in [6, 6.07) is 4.78. The van der Waals surface area contributed by atoms with Crippen molar-refractivity contribution in [1.82, 2.24) is 14.5 Å². The zero-order valence-corrected chi connectivity index (χ0v) is 16.9. The maximum absolute atomic E-state index is 12.8. The fraction of sp³-hybridized carbons (Fsp3) is 0.611. The van der Waals surface area contributed by atoms with Gasteiger partial charge in [0.05, 0.1) is 10.9 Å². The molecule has 1 aromatic carbocycles. The fourth-order valence-corrected chi connectivity index (χ4v) is 4.85. The molecule has 0 aliphatic carbocycles. The molecule has 0 radical (unpaired) electrons. The van der Waals surface area contributed by atoms with Crippen LogP contribution >= 0.6 is 0 Å². The molecular weight excluding hydrogens is 352 g/mol. The van der Waals surface area contributed by atoms with Gasteiger partial charge < -0.3 is 10.6 Å². The predicted molar refractivity (Wildman–Crippen MR) is 104 cm³/mol. The van der Waals surface area contributed by atoms with Gasteiger partial charge in [0.2, 0.25) is 15.9 Å². The minimum Gasteiger partial charge on any atom is -0.325 e. The maximum Gasteiger partial charge on any atom is 0.243 e. The van der Waals surface area contributed by atoms with Crippen LogP contribution in [0.2, 0.25) is 0 Å². The van der Waals surface area contributed by atoms with Crippen molar-refractivity contribution in [2.75, 3.05) is 44.6 Å². The number of hydrogen-bond acceptors (Lipinski definition) is 5. The second kappa shape index (κ2) is 8.94. The lowest BCUT2D eigenvalue weighted by Crippen LogP contribution is -2.51. The Balaban J connectivity index is 2.19. The first-order valence-corrected chi connectivity index (χ1v) is 10.6. The van der Waals surface area contributed by atoms with Crippen molar-refractivity contribution >= 4 is 21.6 Å². The Hall–Kier alpha value is -1.48. The summed E-state index contributed by atoms with van der Waals surface area (Å²) in [7, 11) is -3.57. The van der Waals surface area contributed by atoms with Crippen LogP contribution in [0.4, 0.5) is 5.69 Å². The van der Waals surface area contributed by atoms with Crippen molar-refractivity contribution in [3.63, 3.8) is 0 Å². The molecular formula is C18H30N4O3S. The number of carbonyl (C=O) groups is 1. The van der Waals surface area contributed by atoms with Crippen molar-refractivity contribution in [2.45, 2.75) is 38.6 Å². The minimum absolute atomic E-state index is 0.123. The molecule has 1 aliphatic heterocycles. The lowest BCUT2D eigenvalue weighted by molar-refractivity contribution is -0.120. The Labute approximate surface area is 156 Å². The summed E-state index contributed by atoms with van der Waals surface area (Å²) < 4.78 is 27.1. The van der Waals surface area contributed by atoms with Gasteiger partial charge in [-0.25, -0.2) is 8.42 Å². The maximum atomic E-state index is 12.8. The second-order valence-corrected chi connectivity index (χ2v) is 8.43. The molecule has 0 saturated carbocycles. The fourth-order valence-electron chi connectivity index (χ4n) is 3.14. The van der Waals surface area contributed by atoms with E-state index in [1.165, 1.54) is 4.31 Å². The van der Waals surface area contributed by atoms with E-state index in [2.05, 4.69) is 15.5 Å². The molecule has 1 amide bonds. The molecule has 0 bridgehead atoms. The number of rotatable bonds is 7. The van der Waals surface area contributed by atoms with Gasteiger partial charge in [0, 0.05) is 45.0 Å². The van der Waals surface area contributed by atoms with Gasteiger partial charge in [0.15, 0.2) is 0 Å². The number of carbonyl (C=O) groups excluding carboxylic acids is 1. The molecule has 0 aromatic heterocycles. The summed E-state index contributed by atoms with van der Waals surface area (Å²) in [4.78, 5) is 14.9. The zero-order chi connectivity index (χ0) is 19.3. The van der Waals surface area contributed by atoms with Crippen molar-refractivity contribution in [3.8, 4) is 0 Å². The van der Waals surface area contributed by atoms with Gasteiger partial charge in [-0.2, -0.15) is 4.31 Å². The molecule has 1 unspecified atom stereocenters. The Morgan fingerprint density at radius 2 is 1.88 bits per heavy atom. The molecule has 1 saturated heterocycles. The number of piperazine rings is 1. The summed E-state index contributed by atoms with van der Waals surface area (Å²) in [5.74, 6) is -0.123. The molecule has 2 N–H and O–H groups in total. The number of nitrogens with one attached hydrogen (secondary N) is 2. The van der Waals surface area contributed by atoms with Gasteiger partial charge in [-0.3, -0.25) is 9.69 Å². The average Bonchev–Trinajstić information content (AvgIpc) is 2.64. The normalized spacial score (nSPS) is 17.3. The number of amides is 1. The van der Waals surface area contributed by atoms with E-state index in [0.717, 1.165) is 26.2 Å². The van der Waals surface area contributed by atoms with Crippen molar-refractivity contribution in [2.24, 2.45) is 0 Å². The van der Waals surface area contributed by atoms with Crippen LogP contribution in [0.25, 0.3) is 0 Å². The minimum atomic E-state index is -3.57. The first-order chi connectivity index (χ1) is 12.3. The molecule has 1 fully saturated rings. The first-order valence-electron chi connectivity index (χ1n) is 9.17. The topological polar surface area (TPSA) is 81.8 Å². The molecule has 7 nitrogen and oxygen atoms in total. The third kappa shape index (κ3) is 4.62. The molecule has 26 heavy (non-hydrogen) atoms. The highest BCUT2D eigenvalue weighted by Gasteiger charge is 2.26. The van der Waals surface area contributed by atoms with Crippen LogP contribution in [0.3, 0.4) is 0 Å². The smallest absolute Gasteiger partial charge is 0.243 e. The average molecular weight is 383 g/mol. The Bertz CT molecular complexity index is 726. The molecule has 2 rings (SSSR count). The molecule has 1 aliphatic rings. The van der Waals surface area contributed by atoms with E-state index < -0.39 is 10.0 Å². The highest BCUT2D eigenvalue weighted by atomic mass is 32.2. The van der Waals surface area contributed by atoms with Crippen LogP contribution in [0.1, 0.15) is 26.3 Å². The largest absolute Gasteiger partial charge is 0.325 e. The third-order valence-electron chi connectivity index (χ3n) is 4.86. The van der Waals surface area contributed by atoms with Crippen molar-refractivity contribution in [3.05, 3.63) is 23.8 Å². The number of sulfonamides is 1. The van der Waals surface area contributed by atoms with E-state index in [0.29, 0.717) is 24.3 Å². The van der Waals surface area contributed by atoms with E-state index in [9.17, 15) is 13.2 Å². The van der Waals surface area contributed by atoms with Crippen LogP contribution in [-0.2, 0) is 14.8 Å². The van der Waals surface area contributed by atoms with Gasteiger partial charge in [0.25, 0.3) is 0 Å². The number of benzene rings is 1. The van der Waals surface area contributed by atoms with Gasteiger partial charge in [-0.1, -0.05) is 19.9 Å². The molecule has 0 spiro atoms. The van der Waals surface area contributed by atoms with Crippen LogP contribution < -0.4 is 10.6 Å². The summed E-state index contributed by atoms with van der Waals surface area (Å²) >= 11 is 0. The monoisotopic (exact) mass is 382 g/mol. The molecule has 1 atom stereocenters. The number of nitrogens with zero attached hydrogens (tertiary/aromatic N) is 2. The van der Waals surface area contributed by atoms with E-state index in [1.807, 2.05) is 20.8 Å². The van der Waals surface area contributed by atoms with Gasteiger partial charge in [-0.15, -0.1) is 0 Å². The second-order valence-electron chi connectivity index (χ2n) is 6.52. The third-order valence-corrected chi connectivity index (χ3v) is 7.05. The Morgan fingerprint density at radius 1 is 1.27 bits per heavy atom. The van der Waals surface area contributed by atoms with E-state index in [4.69, 9.17) is 0 Å². The van der Waals surface area contributed by atoms with Crippen LogP contribution in [0.15, 0.2) is 23.1 Å². The molecule has 1 aromatic rings. The van der Waals surface area contributed by atoms with Crippen molar-refractivity contribution < 1.29 is 13.2 Å². The first kappa shape index (κ1) is 20.8. The van der Waals surface area contributed by atoms with Gasteiger partial charge >= 0.3 is 0 Å². The quantitative estimate of drug-likeness (QED) is 0.742. The van der Waals surface area contributed by atoms with Gasteiger partial charge in [-0.05, 0) is 31.5 Å². The lowest BCUT2D eigenvalue weighted by Gasteiger charge is -2.31. The SMILES string of the molecule is CCN(CC)S(=O)(=O)c1cc(NC(=O)C(C)N2CCNCC2)ccc1C. The Morgan fingerprint density at radius 3 is 2.46 bits per heavy atom. The summed E-state index contributed by atoms with van der Waals surface area (Å²) in [5, 5.41) is 6.14. The summed E-state index contributed by atoms with van der Waals surface area (Å²) in [5.41, 5.74) is 1.18. The standard InChI is InChI=1S/C18H30N4O3S/c1-5-22(6-2)26(24,25)17-13-16(8-7-14(17)3)20-18(23)15(4)21-11-9-19-10-12-21/h7-8,13,15,19H,5-6,9-12H2,1-4H3,(H,20,23). The molecule has 8 heteroatoms. The Kier molecular flexibility index (Phi) is 7.16. The lowest BCUT2D eigenvalue weighted by atomic mass is 10.2. The van der Waals surface area contributed by atoms with E-state index >= 15 is 0 Å². The van der Waals surface area contributed by atoms with Crippen LogP contribution in [0, 0.1) is 6.92 Å². The van der Waals surface area contributed by atoms with Crippen molar-refractivity contribution in [1.29, 1.82) is 0 Å². The highest BCUT2D eigenvalue weighted by Crippen LogP contribution is 2.24. The molecule has 1 heterocycles. The van der Waals surface area contributed by atoms with Crippen LogP contribution in [0.5, 0.6) is 0 Å². The van der Waals surface area contributed by atoms with E-state index in [1.54, 1.807) is 25.1 Å². The van der Waals surface area contributed by atoms with Gasteiger partial charge in [0.1, 0.15) is 0 Å². The van der Waals surface area contributed by atoms with Crippen LogP contribution in [-0.4, -0.2) is 68.8 Å². The highest BCUT2D eigenvalue weighted by molar-refractivity contribution is 7.89. The summed E-state index contributed by atoms with van der Waals surface area (Å²) in [6.07, 6.45) is 0. The zero-order valence-electron chi connectivity index (χ0n) is 16.1. The number of aryl methyl sites for hydroxylation is 1. The molecule has 146 valence electrons.